The zero-order chi connectivity index (χ0) is 14.1. The van der Waals surface area contributed by atoms with E-state index in [2.05, 4.69) is 20.5 Å². The Bertz CT molecular complexity index is 797. The predicted molar refractivity (Wildman–Crippen MR) is 73.0 cm³/mol. The molecule has 5 nitrogen and oxygen atoms in total. The Hall–Kier alpha value is -2.76. The highest BCUT2D eigenvalue weighted by molar-refractivity contribution is 6.03. The van der Waals surface area contributed by atoms with Crippen LogP contribution in [-0.4, -0.2) is 21.1 Å². The SMILES string of the molecule is Cc1cc(NC(=O)c2ccc3cc(F)ccc3n2)n[nH]1. The van der Waals surface area contributed by atoms with Gasteiger partial charge in [-0.05, 0) is 31.2 Å². The van der Waals surface area contributed by atoms with Crippen LogP contribution in [0.25, 0.3) is 10.9 Å². The molecule has 2 aromatic heterocycles. The van der Waals surface area contributed by atoms with Crippen molar-refractivity contribution in [2.45, 2.75) is 6.92 Å². The molecule has 0 spiro atoms. The molecule has 1 aromatic carbocycles. The van der Waals surface area contributed by atoms with Crippen molar-refractivity contribution in [3.05, 3.63) is 53.6 Å². The van der Waals surface area contributed by atoms with Crippen molar-refractivity contribution in [2.75, 3.05) is 5.32 Å². The quantitative estimate of drug-likeness (QED) is 0.752. The molecule has 0 saturated heterocycles. The molecule has 20 heavy (non-hydrogen) atoms. The fourth-order valence-corrected chi connectivity index (χ4v) is 1.89. The molecule has 100 valence electrons. The van der Waals surface area contributed by atoms with Gasteiger partial charge < -0.3 is 5.32 Å². The highest BCUT2D eigenvalue weighted by Crippen LogP contribution is 2.15. The lowest BCUT2D eigenvalue weighted by Gasteiger charge is -2.03. The number of carbonyl (C=O) groups excluding carboxylic acids is 1. The fourth-order valence-electron chi connectivity index (χ4n) is 1.89. The topological polar surface area (TPSA) is 70.7 Å². The predicted octanol–water partition coefficient (Wildman–Crippen LogP) is 2.66. The number of carbonyl (C=O) groups is 1. The number of nitrogens with one attached hydrogen (secondary N) is 2. The molecule has 0 aliphatic rings. The smallest absolute Gasteiger partial charge is 0.275 e. The second-order valence-electron chi connectivity index (χ2n) is 4.42. The lowest BCUT2D eigenvalue weighted by Crippen LogP contribution is -2.13. The summed E-state index contributed by atoms with van der Waals surface area (Å²) < 4.78 is 13.1. The first kappa shape index (κ1) is 12.3. The third-order valence-electron chi connectivity index (χ3n) is 2.83. The summed E-state index contributed by atoms with van der Waals surface area (Å²) in [6.45, 7) is 1.84. The van der Waals surface area contributed by atoms with E-state index in [0.29, 0.717) is 16.7 Å². The van der Waals surface area contributed by atoms with Gasteiger partial charge in [0.05, 0.1) is 5.52 Å². The number of anilines is 1. The minimum atomic E-state index is -0.359. The van der Waals surface area contributed by atoms with Crippen molar-refractivity contribution in [3.8, 4) is 0 Å². The third-order valence-corrected chi connectivity index (χ3v) is 2.83. The first-order chi connectivity index (χ1) is 9.61. The second kappa shape index (κ2) is 4.73. The number of fused-ring (bicyclic) bond motifs is 1. The fraction of sp³-hybridized carbons (Fsp3) is 0.0714. The highest BCUT2D eigenvalue weighted by atomic mass is 19.1. The van der Waals surface area contributed by atoms with E-state index in [1.165, 1.54) is 12.1 Å². The van der Waals surface area contributed by atoms with Gasteiger partial charge in [0.25, 0.3) is 5.91 Å². The molecule has 2 N–H and O–H groups in total. The standard InChI is InChI=1S/C14H11FN4O/c1-8-6-13(19-18-8)17-14(20)12-4-2-9-7-10(15)3-5-11(9)16-12/h2-7H,1H3,(H2,17,18,19,20). The van der Waals surface area contributed by atoms with Gasteiger partial charge in [0, 0.05) is 17.1 Å². The monoisotopic (exact) mass is 270 g/mol. The summed E-state index contributed by atoms with van der Waals surface area (Å²) in [6, 6.07) is 9.16. The number of nitrogens with zero attached hydrogens (tertiary/aromatic N) is 2. The first-order valence-electron chi connectivity index (χ1n) is 6.01. The van der Waals surface area contributed by atoms with Gasteiger partial charge in [0.2, 0.25) is 0 Å². The van der Waals surface area contributed by atoms with Gasteiger partial charge in [-0.1, -0.05) is 6.07 Å². The number of aromatic nitrogens is 3. The van der Waals surface area contributed by atoms with Crippen molar-refractivity contribution in [2.24, 2.45) is 0 Å². The van der Waals surface area contributed by atoms with Crippen molar-refractivity contribution in [1.29, 1.82) is 0 Å². The summed E-state index contributed by atoms with van der Waals surface area (Å²) in [5.74, 6) is -0.250. The Kier molecular flexibility index (Phi) is 2.90. The number of hydrogen-bond donors (Lipinski definition) is 2. The number of pyridine rings is 1. The van der Waals surface area contributed by atoms with Crippen LogP contribution in [0.15, 0.2) is 36.4 Å². The summed E-state index contributed by atoms with van der Waals surface area (Å²) in [5, 5.41) is 9.94. The minimum Gasteiger partial charge on any atom is -0.304 e. The van der Waals surface area contributed by atoms with Gasteiger partial charge in [-0.15, -0.1) is 0 Å². The number of H-pyrrole nitrogens is 1. The van der Waals surface area contributed by atoms with E-state index in [4.69, 9.17) is 0 Å². The van der Waals surface area contributed by atoms with E-state index < -0.39 is 0 Å². The van der Waals surface area contributed by atoms with Crippen molar-refractivity contribution in [3.63, 3.8) is 0 Å². The Balaban J connectivity index is 1.89. The lowest BCUT2D eigenvalue weighted by atomic mass is 10.2. The molecule has 0 atom stereocenters. The van der Waals surface area contributed by atoms with E-state index >= 15 is 0 Å². The molecule has 0 fully saturated rings. The number of benzene rings is 1. The number of aromatic amines is 1. The third kappa shape index (κ3) is 2.35. The van der Waals surface area contributed by atoms with Gasteiger partial charge in [-0.2, -0.15) is 5.10 Å². The van der Waals surface area contributed by atoms with Crippen LogP contribution in [0.4, 0.5) is 10.2 Å². The molecule has 3 rings (SSSR count). The van der Waals surface area contributed by atoms with Crippen LogP contribution < -0.4 is 5.32 Å². The summed E-state index contributed by atoms with van der Waals surface area (Å²) in [5.41, 5.74) is 1.67. The molecule has 6 heteroatoms. The maximum absolute atomic E-state index is 13.1. The molecular weight excluding hydrogens is 259 g/mol. The van der Waals surface area contributed by atoms with Crippen LogP contribution in [-0.2, 0) is 0 Å². The molecule has 1 amide bonds. The van der Waals surface area contributed by atoms with Crippen LogP contribution >= 0.6 is 0 Å². The van der Waals surface area contributed by atoms with E-state index in [1.54, 1.807) is 24.3 Å². The summed E-state index contributed by atoms with van der Waals surface area (Å²) >= 11 is 0. The van der Waals surface area contributed by atoms with Gasteiger partial charge in [0.1, 0.15) is 11.5 Å². The molecule has 0 unspecified atom stereocenters. The second-order valence-corrected chi connectivity index (χ2v) is 4.42. The molecule has 0 aliphatic carbocycles. The average molecular weight is 270 g/mol. The normalized spacial score (nSPS) is 10.7. The van der Waals surface area contributed by atoms with E-state index in [9.17, 15) is 9.18 Å². The zero-order valence-electron chi connectivity index (χ0n) is 10.6. The summed E-state index contributed by atoms with van der Waals surface area (Å²) in [6.07, 6.45) is 0. The lowest BCUT2D eigenvalue weighted by molar-refractivity contribution is 0.102. The van der Waals surface area contributed by atoms with Gasteiger partial charge >= 0.3 is 0 Å². The molecule has 0 aliphatic heterocycles. The van der Waals surface area contributed by atoms with Crippen LogP contribution in [0.2, 0.25) is 0 Å². The highest BCUT2D eigenvalue weighted by Gasteiger charge is 2.10. The van der Waals surface area contributed by atoms with Crippen LogP contribution in [0.1, 0.15) is 16.2 Å². The molecule has 2 heterocycles. The van der Waals surface area contributed by atoms with Crippen LogP contribution in [0.3, 0.4) is 0 Å². The Morgan fingerprint density at radius 3 is 2.85 bits per heavy atom. The number of rotatable bonds is 2. The van der Waals surface area contributed by atoms with E-state index in [1.807, 2.05) is 6.92 Å². The van der Waals surface area contributed by atoms with Crippen molar-refractivity contribution < 1.29 is 9.18 Å². The molecule has 0 saturated carbocycles. The van der Waals surface area contributed by atoms with Crippen molar-refractivity contribution in [1.82, 2.24) is 15.2 Å². The van der Waals surface area contributed by atoms with Crippen LogP contribution in [0, 0.1) is 12.7 Å². The van der Waals surface area contributed by atoms with Gasteiger partial charge in [-0.25, -0.2) is 9.37 Å². The number of hydrogen-bond acceptors (Lipinski definition) is 3. The first-order valence-corrected chi connectivity index (χ1v) is 6.01. The molecule has 3 aromatic rings. The summed E-state index contributed by atoms with van der Waals surface area (Å²) in [4.78, 5) is 16.2. The molecular formula is C14H11FN4O. The van der Waals surface area contributed by atoms with E-state index in [0.717, 1.165) is 5.69 Å². The van der Waals surface area contributed by atoms with Crippen molar-refractivity contribution >= 4 is 22.6 Å². The minimum absolute atomic E-state index is 0.254. The largest absolute Gasteiger partial charge is 0.304 e. The summed E-state index contributed by atoms with van der Waals surface area (Å²) in [7, 11) is 0. The van der Waals surface area contributed by atoms with Gasteiger partial charge in [-0.3, -0.25) is 9.89 Å². The molecule has 0 radical (unpaired) electrons. The Morgan fingerprint density at radius 1 is 1.25 bits per heavy atom. The number of aryl methyl sites for hydroxylation is 1. The number of amides is 1. The zero-order valence-corrected chi connectivity index (χ0v) is 10.6. The van der Waals surface area contributed by atoms with Gasteiger partial charge in [0.15, 0.2) is 5.82 Å². The maximum atomic E-state index is 13.1. The van der Waals surface area contributed by atoms with E-state index in [-0.39, 0.29) is 17.4 Å². The number of halogens is 1. The average Bonchev–Trinajstić information content (AvgIpc) is 2.83. The van der Waals surface area contributed by atoms with Crippen LogP contribution in [0.5, 0.6) is 0 Å². The maximum Gasteiger partial charge on any atom is 0.275 e. The Labute approximate surface area is 113 Å². The Morgan fingerprint density at radius 2 is 2.10 bits per heavy atom. The molecule has 0 bridgehead atoms.